The second kappa shape index (κ2) is 8.93. The number of carbonyl (C=O) groups is 1. The van der Waals surface area contributed by atoms with E-state index in [0.717, 1.165) is 0 Å². The van der Waals surface area contributed by atoms with Crippen LogP contribution in [0.5, 0.6) is 5.75 Å². The fraction of sp³-hybridized carbons (Fsp3) is 0.526. The lowest BCUT2D eigenvalue weighted by Crippen LogP contribution is -2.41. The molecule has 1 rings (SSSR count). The molecule has 0 radical (unpaired) electrons. The number of rotatable bonds is 7. The van der Waals surface area contributed by atoms with Crippen molar-refractivity contribution in [2.45, 2.75) is 52.1 Å². The zero-order valence-corrected chi connectivity index (χ0v) is 14.9. The molecule has 0 heterocycles. The maximum absolute atomic E-state index is 12.5. The predicted octanol–water partition coefficient (Wildman–Crippen LogP) is 3.41. The number of amides is 1. The summed E-state index contributed by atoms with van der Waals surface area (Å²) >= 11 is 0. The van der Waals surface area contributed by atoms with Gasteiger partial charge in [0, 0.05) is 13.1 Å². The van der Waals surface area contributed by atoms with Gasteiger partial charge < -0.3 is 9.64 Å². The quantitative estimate of drug-likeness (QED) is 0.769. The summed E-state index contributed by atoms with van der Waals surface area (Å²) in [6.07, 6.45) is -0.184. The fourth-order valence-corrected chi connectivity index (χ4v) is 2.25. The average Bonchev–Trinajstić information content (AvgIpc) is 2.54. The molecule has 0 spiro atoms. The first-order chi connectivity index (χ1) is 11.3. The Bertz CT molecular complexity index is 600. The highest BCUT2D eigenvalue weighted by molar-refractivity contribution is 5.81. The molecule has 1 aromatic carbocycles. The summed E-state index contributed by atoms with van der Waals surface area (Å²) in [5.74, 6) is 0.421. The van der Waals surface area contributed by atoms with E-state index in [1.54, 1.807) is 6.92 Å². The molecule has 0 aromatic heterocycles. The van der Waals surface area contributed by atoms with E-state index < -0.39 is 6.10 Å². The van der Waals surface area contributed by atoms with Crippen molar-refractivity contribution in [2.24, 2.45) is 0 Å². The van der Waals surface area contributed by atoms with Gasteiger partial charge in [-0.05, 0) is 30.0 Å². The van der Waals surface area contributed by atoms with Gasteiger partial charge in [-0.3, -0.25) is 4.79 Å². The first-order valence-corrected chi connectivity index (χ1v) is 8.09. The molecule has 0 bridgehead atoms. The van der Waals surface area contributed by atoms with Crippen LogP contribution in [0.25, 0.3) is 0 Å². The molecule has 128 valence electrons. The minimum absolute atomic E-state index is 0.0609. The molecule has 5 heteroatoms. The molecule has 0 aliphatic carbocycles. The van der Waals surface area contributed by atoms with Crippen molar-refractivity contribution in [1.82, 2.24) is 4.90 Å². The maximum atomic E-state index is 12.5. The Kier molecular flexibility index (Phi) is 7.27. The molecule has 24 heavy (non-hydrogen) atoms. The van der Waals surface area contributed by atoms with Crippen molar-refractivity contribution in [2.75, 3.05) is 13.1 Å². The lowest BCUT2D eigenvalue weighted by Gasteiger charge is -2.25. The van der Waals surface area contributed by atoms with E-state index in [2.05, 4.69) is 20.8 Å². The van der Waals surface area contributed by atoms with E-state index in [0.29, 0.717) is 18.8 Å². The van der Waals surface area contributed by atoms with Gasteiger partial charge in [0.1, 0.15) is 5.75 Å². The van der Waals surface area contributed by atoms with Gasteiger partial charge in [-0.2, -0.15) is 10.5 Å². The summed E-state index contributed by atoms with van der Waals surface area (Å²) in [7, 11) is 0. The van der Waals surface area contributed by atoms with E-state index in [1.807, 2.05) is 36.4 Å². The summed E-state index contributed by atoms with van der Waals surface area (Å²) in [4.78, 5) is 14.0. The lowest BCUT2D eigenvalue weighted by atomic mass is 9.87. The summed E-state index contributed by atoms with van der Waals surface area (Å²) in [5.41, 5.74) is 1.25. The van der Waals surface area contributed by atoms with Gasteiger partial charge in [0.25, 0.3) is 5.91 Å². The predicted molar refractivity (Wildman–Crippen MR) is 92.3 cm³/mol. The van der Waals surface area contributed by atoms with E-state index in [1.165, 1.54) is 10.5 Å². The Morgan fingerprint density at radius 1 is 1.12 bits per heavy atom. The minimum atomic E-state index is -0.664. The topological polar surface area (TPSA) is 77.1 Å². The van der Waals surface area contributed by atoms with Crippen LogP contribution in [0, 0.1) is 22.7 Å². The first-order valence-electron chi connectivity index (χ1n) is 8.09. The molecule has 1 aromatic rings. The average molecular weight is 327 g/mol. The van der Waals surface area contributed by atoms with Crippen LogP contribution in [0.1, 0.15) is 46.1 Å². The van der Waals surface area contributed by atoms with Crippen LogP contribution in [-0.4, -0.2) is 30.0 Å². The van der Waals surface area contributed by atoms with Gasteiger partial charge in [-0.15, -0.1) is 0 Å². The van der Waals surface area contributed by atoms with Crippen LogP contribution >= 0.6 is 0 Å². The Hall–Kier alpha value is -2.53. The number of nitriles is 2. The zero-order valence-electron chi connectivity index (χ0n) is 14.9. The molecule has 1 atom stereocenters. The Balaban J connectivity index is 2.73. The molecule has 0 saturated heterocycles. The molecule has 0 aliphatic rings. The number of benzene rings is 1. The van der Waals surface area contributed by atoms with Crippen LogP contribution in [0.15, 0.2) is 24.3 Å². The van der Waals surface area contributed by atoms with Crippen molar-refractivity contribution in [1.29, 1.82) is 10.5 Å². The van der Waals surface area contributed by atoms with Crippen LogP contribution in [0.2, 0.25) is 0 Å². The third-order valence-corrected chi connectivity index (χ3v) is 3.68. The van der Waals surface area contributed by atoms with Crippen LogP contribution < -0.4 is 4.74 Å². The van der Waals surface area contributed by atoms with Crippen molar-refractivity contribution in [3.05, 3.63) is 29.8 Å². The summed E-state index contributed by atoms with van der Waals surface area (Å²) in [6, 6.07) is 11.8. The molecule has 0 N–H and O–H groups in total. The summed E-state index contributed by atoms with van der Waals surface area (Å²) in [5, 5.41) is 17.4. The van der Waals surface area contributed by atoms with Crippen molar-refractivity contribution in [3.8, 4) is 17.9 Å². The van der Waals surface area contributed by atoms with Gasteiger partial charge in [-0.1, -0.05) is 32.9 Å². The summed E-state index contributed by atoms with van der Waals surface area (Å²) < 4.78 is 5.73. The Labute approximate surface area is 144 Å². The lowest BCUT2D eigenvalue weighted by molar-refractivity contribution is -0.137. The second-order valence-corrected chi connectivity index (χ2v) is 6.68. The van der Waals surface area contributed by atoms with Crippen molar-refractivity contribution in [3.63, 3.8) is 0 Å². The van der Waals surface area contributed by atoms with Crippen LogP contribution in [-0.2, 0) is 10.2 Å². The maximum Gasteiger partial charge on any atom is 0.263 e. The van der Waals surface area contributed by atoms with Crippen molar-refractivity contribution >= 4 is 5.91 Å². The minimum Gasteiger partial charge on any atom is -0.481 e. The monoisotopic (exact) mass is 327 g/mol. The van der Waals surface area contributed by atoms with E-state index >= 15 is 0 Å². The third-order valence-electron chi connectivity index (χ3n) is 3.68. The highest BCUT2D eigenvalue weighted by atomic mass is 16.5. The second-order valence-electron chi connectivity index (χ2n) is 6.68. The highest BCUT2D eigenvalue weighted by Crippen LogP contribution is 2.24. The molecular formula is C19H25N3O2. The Morgan fingerprint density at radius 3 is 2.04 bits per heavy atom. The fourth-order valence-electron chi connectivity index (χ4n) is 2.25. The number of carbonyl (C=O) groups excluding carboxylic acids is 1. The van der Waals surface area contributed by atoms with Crippen LogP contribution in [0.4, 0.5) is 0 Å². The number of nitrogens with zero attached hydrogens (tertiary/aromatic N) is 3. The smallest absolute Gasteiger partial charge is 0.263 e. The molecule has 1 amide bonds. The van der Waals surface area contributed by atoms with E-state index in [9.17, 15) is 4.79 Å². The van der Waals surface area contributed by atoms with E-state index in [4.69, 9.17) is 15.3 Å². The van der Waals surface area contributed by atoms with Gasteiger partial charge in [0.05, 0.1) is 25.0 Å². The number of hydrogen-bond acceptors (Lipinski definition) is 4. The zero-order chi connectivity index (χ0) is 18.2. The van der Waals surface area contributed by atoms with Gasteiger partial charge in [-0.25, -0.2) is 0 Å². The number of ether oxygens (including phenoxy) is 1. The highest BCUT2D eigenvalue weighted by Gasteiger charge is 2.22. The molecular weight excluding hydrogens is 302 g/mol. The van der Waals surface area contributed by atoms with Gasteiger partial charge in [0.15, 0.2) is 6.10 Å². The molecule has 0 saturated carbocycles. The number of hydrogen-bond donors (Lipinski definition) is 0. The third kappa shape index (κ3) is 5.93. The largest absolute Gasteiger partial charge is 0.481 e. The normalized spacial score (nSPS) is 11.9. The van der Waals surface area contributed by atoms with E-state index in [-0.39, 0.29) is 24.2 Å². The van der Waals surface area contributed by atoms with Crippen LogP contribution in [0.3, 0.4) is 0 Å². The first kappa shape index (κ1) is 19.5. The van der Waals surface area contributed by atoms with Gasteiger partial charge in [0.2, 0.25) is 0 Å². The SMILES string of the molecule is CC(Oc1ccc(C(C)(C)C)cc1)C(=O)N(CCC#N)CCC#N. The molecule has 0 fully saturated rings. The molecule has 0 aliphatic heterocycles. The standard InChI is InChI=1S/C19H25N3O2/c1-15(18(23)22(13-5-11-20)14-6-12-21)24-17-9-7-16(8-10-17)19(2,3)4/h7-10,15H,5-6,13-14H2,1-4H3. The van der Waals surface area contributed by atoms with Gasteiger partial charge >= 0.3 is 0 Å². The molecule has 5 nitrogen and oxygen atoms in total. The van der Waals surface area contributed by atoms with Crippen molar-refractivity contribution < 1.29 is 9.53 Å². The Morgan fingerprint density at radius 2 is 1.62 bits per heavy atom. The summed E-state index contributed by atoms with van der Waals surface area (Å²) in [6.45, 7) is 8.72. The molecule has 1 unspecified atom stereocenters.